The summed E-state index contributed by atoms with van der Waals surface area (Å²) in [5, 5.41) is 0.873. The fourth-order valence-electron chi connectivity index (χ4n) is 1.97. The molecule has 0 radical (unpaired) electrons. The van der Waals surface area contributed by atoms with Gasteiger partial charge >= 0.3 is 0 Å². The lowest BCUT2D eigenvalue weighted by molar-refractivity contribution is 0.0981. The highest BCUT2D eigenvalue weighted by Gasteiger charge is 2.10. The zero-order valence-electron chi connectivity index (χ0n) is 10.8. The summed E-state index contributed by atoms with van der Waals surface area (Å²) in [6.45, 7) is 2.08. The summed E-state index contributed by atoms with van der Waals surface area (Å²) in [5.41, 5.74) is 1.57. The largest absolute Gasteiger partial charge is 0.497 e. The first kappa shape index (κ1) is 12.6. The lowest BCUT2D eigenvalue weighted by atomic mass is 10.0. The number of fused-ring (bicyclic) bond motifs is 1. The van der Waals surface area contributed by atoms with Gasteiger partial charge in [-0.05, 0) is 30.7 Å². The van der Waals surface area contributed by atoms with E-state index < -0.39 is 0 Å². The Morgan fingerprint density at radius 2 is 2.17 bits per heavy atom. The number of unbranched alkanes of at least 4 members (excludes halogenated alkanes) is 1. The van der Waals surface area contributed by atoms with E-state index in [9.17, 15) is 4.79 Å². The van der Waals surface area contributed by atoms with E-state index in [0.717, 1.165) is 35.1 Å². The number of methoxy groups -OCH3 is 1. The summed E-state index contributed by atoms with van der Waals surface area (Å²) < 4.78 is 5.20. The number of rotatable bonds is 5. The van der Waals surface area contributed by atoms with Crippen LogP contribution >= 0.6 is 0 Å². The Morgan fingerprint density at radius 3 is 2.89 bits per heavy atom. The van der Waals surface area contributed by atoms with Gasteiger partial charge in [0.05, 0.1) is 12.6 Å². The van der Waals surface area contributed by atoms with E-state index >= 15 is 0 Å². The molecule has 0 N–H and O–H groups in total. The van der Waals surface area contributed by atoms with Crippen molar-refractivity contribution >= 4 is 16.7 Å². The summed E-state index contributed by atoms with van der Waals surface area (Å²) in [5.74, 6) is 0.928. The normalized spacial score (nSPS) is 10.6. The molecule has 1 aromatic heterocycles. The fraction of sp³-hybridized carbons (Fsp3) is 0.333. The predicted octanol–water partition coefficient (Wildman–Crippen LogP) is 3.62. The smallest absolute Gasteiger partial charge is 0.163 e. The molecule has 0 saturated heterocycles. The van der Waals surface area contributed by atoms with Crippen molar-refractivity contribution in [1.82, 2.24) is 4.98 Å². The molecule has 2 rings (SSSR count). The van der Waals surface area contributed by atoms with Crippen LogP contribution in [0.5, 0.6) is 5.75 Å². The molecule has 2 aromatic rings. The highest BCUT2D eigenvalue weighted by atomic mass is 16.5. The van der Waals surface area contributed by atoms with Crippen molar-refractivity contribution in [3.8, 4) is 5.75 Å². The Kier molecular flexibility index (Phi) is 3.92. The number of Topliss-reactive ketones (excluding diaryl/α,β-unsaturated/α-hetero) is 1. The molecule has 0 unspecified atom stereocenters. The molecule has 94 valence electrons. The maximum atomic E-state index is 12.1. The van der Waals surface area contributed by atoms with E-state index in [1.54, 1.807) is 19.4 Å². The first-order valence-electron chi connectivity index (χ1n) is 6.22. The molecule has 0 aliphatic rings. The SMILES string of the molecule is CCCCC(=O)c1ccnc2ccc(OC)cc12. The van der Waals surface area contributed by atoms with Crippen molar-refractivity contribution in [2.45, 2.75) is 26.2 Å². The summed E-state index contributed by atoms with van der Waals surface area (Å²) in [7, 11) is 1.62. The average Bonchev–Trinajstić information content (AvgIpc) is 2.43. The molecular formula is C15H17NO2. The van der Waals surface area contributed by atoms with Gasteiger partial charge in [-0.15, -0.1) is 0 Å². The summed E-state index contributed by atoms with van der Waals surface area (Å²) in [6.07, 6.45) is 4.23. The second-order valence-corrected chi connectivity index (χ2v) is 4.27. The number of hydrogen-bond donors (Lipinski definition) is 0. The molecule has 0 saturated carbocycles. The van der Waals surface area contributed by atoms with Crippen LogP contribution in [0.25, 0.3) is 10.9 Å². The van der Waals surface area contributed by atoms with Crippen LogP contribution in [0.4, 0.5) is 0 Å². The zero-order valence-corrected chi connectivity index (χ0v) is 10.8. The van der Waals surface area contributed by atoms with Crippen LogP contribution in [0.2, 0.25) is 0 Å². The van der Waals surface area contributed by atoms with Crippen LogP contribution in [0.3, 0.4) is 0 Å². The van der Waals surface area contributed by atoms with Crippen LogP contribution in [0.15, 0.2) is 30.5 Å². The molecule has 0 atom stereocenters. The molecule has 0 amide bonds. The highest BCUT2D eigenvalue weighted by molar-refractivity contribution is 6.07. The minimum atomic E-state index is 0.178. The van der Waals surface area contributed by atoms with Crippen LogP contribution in [-0.4, -0.2) is 17.9 Å². The van der Waals surface area contributed by atoms with Gasteiger partial charge in [-0.3, -0.25) is 9.78 Å². The van der Waals surface area contributed by atoms with Gasteiger partial charge in [0.25, 0.3) is 0 Å². The van der Waals surface area contributed by atoms with Crippen molar-refractivity contribution < 1.29 is 9.53 Å². The molecule has 3 nitrogen and oxygen atoms in total. The van der Waals surface area contributed by atoms with Gasteiger partial charge in [-0.25, -0.2) is 0 Å². The molecule has 0 aliphatic carbocycles. The Labute approximate surface area is 107 Å². The van der Waals surface area contributed by atoms with Crippen molar-refractivity contribution in [3.05, 3.63) is 36.0 Å². The number of hydrogen-bond acceptors (Lipinski definition) is 3. The Hall–Kier alpha value is -1.90. The molecule has 0 spiro atoms. The maximum absolute atomic E-state index is 12.1. The fourth-order valence-corrected chi connectivity index (χ4v) is 1.97. The van der Waals surface area contributed by atoms with E-state index in [1.807, 2.05) is 18.2 Å². The van der Waals surface area contributed by atoms with E-state index in [2.05, 4.69) is 11.9 Å². The average molecular weight is 243 g/mol. The van der Waals surface area contributed by atoms with Gasteiger partial charge in [0.1, 0.15) is 5.75 Å². The number of benzene rings is 1. The summed E-state index contributed by atoms with van der Waals surface area (Å²) in [4.78, 5) is 16.4. The van der Waals surface area contributed by atoms with Gasteiger partial charge in [0.2, 0.25) is 0 Å². The number of pyridine rings is 1. The van der Waals surface area contributed by atoms with Gasteiger partial charge in [-0.1, -0.05) is 13.3 Å². The first-order valence-corrected chi connectivity index (χ1v) is 6.22. The van der Waals surface area contributed by atoms with Crippen molar-refractivity contribution in [2.75, 3.05) is 7.11 Å². The van der Waals surface area contributed by atoms with Crippen LogP contribution in [-0.2, 0) is 0 Å². The third-order valence-corrected chi connectivity index (χ3v) is 3.01. The van der Waals surface area contributed by atoms with Crippen molar-refractivity contribution in [1.29, 1.82) is 0 Å². The summed E-state index contributed by atoms with van der Waals surface area (Å²) >= 11 is 0. The Morgan fingerprint density at radius 1 is 1.33 bits per heavy atom. The number of nitrogens with zero attached hydrogens (tertiary/aromatic N) is 1. The van der Waals surface area contributed by atoms with Gasteiger partial charge in [0.15, 0.2) is 5.78 Å². The van der Waals surface area contributed by atoms with Crippen molar-refractivity contribution in [2.24, 2.45) is 0 Å². The van der Waals surface area contributed by atoms with E-state index in [1.165, 1.54) is 0 Å². The molecule has 1 aromatic carbocycles. The van der Waals surface area contributed by atoms with E-state index in [0.29, 0.717) is 6.42 Å². The first-order chi connectivity index (χ1) is 8.76. The third kappa shape index (κ3) is 2.50. The monoisotopic (exact) mass is 243 g/mol. The number of ketones is 1. The van der Waals surface area contributed by atoms with Crippen LogP contribution in [0.1, 0.15) is 36.5 Å². The predicted molar refractivity (Wildman–Crippen MR) is 72.2 cm³/mol. The zero-order chi connectivity index (χ0) is 13.0. The second kappa shape index (κ2) is 5.63. The molecule has 3 heteroatoms. The number of ether oxygens (including phenoxy) is 1. The molecule has 0 aliphatic heterocycles. The lowest BCUT2D eigenvalue weighted by Crippen LogP contribution is -2.00. The van der Waals surface area contributed by atoms with Crippen LogP contribution in [0, 0.1) is 0 Å². The second-order valence-electron chi connectivity index (χ2n) is 4.27. The maximum Gasteiger partial charge on any atom is 0.163 e. The molecule has 0 fully saturated rings. The third-order valence-electron chi connectivity index (χ3n) is 3.01. The number of carbonyl (C=O) groups excluding carboxylic acids is 1. The van der Waals surface area contributed by atoms with E-state index in [-0.39, 0.29) is 5.78 Å². The molecule has 0 bridgehead atoms. The van der Waals surface area contributed by atoms with Crippen molar-refractivity contribution in [3.63, 3.8) is 0 Å². The lowest BCUT2D eigenvalue weighted by Gasteiger charge is -2.06. The number of aromatic nitrogens is 1. The van der Waals surface area contributed by atoms with Gasteiger partial charge in [-0.2, -0.15) is 0 Å². The minimum absolute atomic E-state index is 0.178. The highest BCUT2D eigenvalue weighted by Crippen LogP contribution is 2.23. The van der Waals surface area contributed by atoms with Gasteiger partial charge in [0, 0.05) is 23.6 Å². The molecule has 1 heterocycles. The van der Waals surface area contributed by atoms with Gasteiger partial charge < -0.3 is 4.74 Å². The van der Waals surface area contributed by atoms with Crippen LogP contribution < -0.4 is 4.74 Å². The quantitative estimate of drug-likeness (QED) is 0.753. The minimum Gasteiger partial charge on any atom is -0.497 e. The Bertz CT molecular complexity index is 563. The number of carbonyl (C=O) groups is 1. The standard InChI is InChI=1S/C15H17NO2/c1-3-4-5-15(17)12-8-9-16-14-7-6-11(18-2)10-13(12)14/h6-10H,3-5H2,1-2H3. The molecule has 18 heavy (non-hydrogen) atoms. The Balaban J connectivity index is 2.45. The molecular weight excluding hydrogens is 226 g/mol. The van der Waals surface area contributed by atoms with E-state index in [4.69, 9.17) is 4.74 Å². The topological polar surface area (TPSA) is 39.2 Å². The summed E-state index contributed by atoms with van der Waals surface area (Å²) in [6, 6.07) is 7.40.